The molecule has 0 saturated heterocycles. The number of thioether (sulfide) groups is 1. The largest absolute Gasteiger partial charge is 0.478 e. The maximum atomic E-state index is 11.0. The van der Waals surface area contributed by atoms with Crippen molar-refractivity contribution >= 4 is 29.1 Å². The first kappa shape index (κ1) is 16.3. The fourth-order valence-corrected chi connectivity index (χ4v) is 2.49. The van der Waals surface area contributed by atoms with Crippen LogP contribution >= 0.6 is 11.8 Å². The average Bonchev–Trinajstić information content (AvgIpc) is 2.38. The number of nitrogens with zero attached hydrogens (tertiary/aromatic N) is 1. The van der Waals surface area contributed by atoms with E-state index in [1.807, 2.05) is 18.7 Å². The number of nitrogens with one attached hydrogen (secondary N) is 1. The summed E-state index contributed by atoms with van der Waals surface area (Å²) in [6, 6.07) is 3.98. The highest BCUT2D eigenvalue weighted by atomic mass is 32.2. The summed E-state index contributed by atoms with van der Waals surface area (Å²) in [5, 5.41) is 22.9. The summed E-state index contributed by atoms with van der Waals surface area (Å²) >= 11 is 1.81. The van der Waals surface area contributed by atoms with Crippen LogP contribution in [-0.2, 0) is 0 Å². The Morgan fingerprint density at radius 3 is 2.80 bits per heavy atom. The van der Waals surface area contributed by atoms with Crippen molar-refractivity contribution in [3.8, 4) is 0 Å². The monoisotopic (exact) mass is 298 g/mol. The van der Waals surface area contributed by atoms with Crippen molar-refractivity contribution in [2.24, 2.45) is 0 Å². The number of benzene rings is 1. The molecular formula is C13H18N2O4S. The lowest BCUT2D eigenvalue weighted by Crippen LogP contribution is -2.17. The number of rotatable bonds is 8. The number of nitro groups is 1. The van der Waals surface area contributed by atoms with E-state index in [9.17, 15) is 14.9 Å². The molecule has 110 valence electrons. The SMILES string of the molecule is CCSCCC(C)Nc1ccc(C(=O)O)cc1[N+](=O)[O-]. The average molecular weight is 298 g/mol. The minimum Gasteiger partial charge on any atom is -0.478 e. The van der Waals surface area contributed by atoms with Crippen molar-refractivity contribution < 1.29 is 14.8 Å². The van der Waals surface area contributed by atoms with Gasteiger partial charge in [0.05, 0.1) is 10.5 Å². The molecule has 0 saturated carbocycles. The lowest BCUT2D eigenvalue weighted by molar-refractivity contribution is -0.384. The molecule has 0 aliphatic heterocycles. The molecule has 2 N–H and O–H groups in total. The van der Waals surface area contributed by atoms with E-state index < -0.39 is 10.9 Å². The van der Waals surface area contributed by atoms with Crippen LogP contribution in [0.3, 0.4) is 0 Å². The van der Waals surface area contributed by atoms with Gasteiger partial charge in [0, 0.05) is 12.1 Å². The Morgan fingerprint density at radius 2 is 2.25 bits per heavy atom. The van der Waals surface area contributed by atoms with Crippen LogP contribution < -0.4 is 5.32 Å². The third-order valence-electron chi connectivity index (χ3n) is 2.74. The predicted molar refractivity (Wildman–Crippen MR) is 80.8 cm³/mol. The highest BCUT2D eigenvalue weighted by molar-refractivity contribution is 7.99. The standard InChI is InChI=1S/C13H18N2O4S/c1-3-20-7-6-9(2)14-11-5-4-10(13(16)17)8-12(11)15(18)19/h4-5,8-9,14H,3,6-7H2,1-2H3,(H,16,17). The molecule has 1 rings (SSSR count). The summed E-state index contributed by atoms with van der Waals surface area (Å²) in [7, 11) is 0. The van der Waals surface area contributed by atoms with Crippen LogP contribution in [-0.4, -0.2) is 33.5 Å². The number of hydrogen-bond donors (Lipinski definition) is 2. The van der Waals surface area contributed by atoms with E-state index in [-0.39, 0.29) is 17.3 Å². The van der Waals surface area contributed by atoms with Gasteiger partial charge in [-0.1, -0.05) is 6.92 Å². The van der Waals surface area contributed by atoms with Crippen molar-refractivity contribution in [1.29, 1.82) is 0 Å². The summed E-state index contributed by atoms with van der Waals surface area (Å²) in [6.45, 7) is 4.03. The van der Waals surface area contributed by atoms with E-state index in [1.165, 1.54) is 12.1 Å². The van der Waals surface area contributed by atoms with E-state index in [1.54, 1.807) is 0 Å². The third kappa shape index (κ3) is 4.73. The predicted octanol–water partition coefficient (Wildman–Crippen LogP) is 3.24. The Labute approximate surface area is 121 Å². The summed E-state index contributed by atoms with van der Waals surface area (Å²) < 4.78 is 0. The molecule has 1 aromatic carbocycles. The van der Waals surface area contributed by atoms with Gasteiger partial charge in [0.25, 0.3) is 5.69 Å². The van der Waals surface area contributed by atoms with E-state index in [4.69, 9.17) is 5.11 Å². The van der Waals surface area contributed by atoms with Crippen molar-refractivity contribution in [2.75, 3.05) is 16.8 Å². The molecule has 0 aliphatic rings. The third-order valence-corrected chi connectivity index (χ3v) is 3.68. The van der Waals surface area contributed by atoms with Gasteiger partial charge in [-0.15, -0.1) is 0 Å². The summed E-state index contributed by atoms with van der Waals surface area (Å²) in [5.74, 6) is 0.846. The fraction of sp³-hybridized carbons (Fsp3) is 0.462. The number of carbonyl (C=O) groups is 1. The first-order chi connectivity index (χ1) is 9.45. The summed E-state index contributed by atoms with van der Waals surface area (Å²) in [4.78, 5) is 21.3. The molecule has 0 bridgehead atoms. The van der Waals surface area contributed by atoms with Crippen LogP contribution in [0.1, 0.15) is 30.6 Å². The van der Waals surface area contributed by atoms with Gasteiger partial charge in [-0.3, -0.25) is 10.1 Å². The van der Waals surface area contributed by atoms with Gasteiger partial charge in [-0.2, -0.15) is 11.8 Å². The number of hydrogen-bond acceptors (Lipinski definition) is 5. The Hall–Kier alpha value is -1.76. The zero-order valence-electron chi connectivity index (χ0n) is 11.5. The highest BCUT2D eigenvalue weighted by Crippen LogP contribution is 2.26. The van der Waals surface area contributed by atoms with Gasteiger partial charge < -0.3 is 10.4 Å². The van der Waals surface area contributed by atoms with Crippen molar-refractivity contribution in [1.82, 2.24) is 0 Å². The molecule has 6 nitrogen and oxygen atoms in total. The zero-order chi connectivity index (χ0) is 15.1. The topological polar surface area (TPSA) is 92.5 Å². The fourth-order valence-electron chi connectivity index (χ4n) is 1.68. The number of aromatic carboxylic acids is 1. The molecule has 0 amide bonds. The molecule has 1 aromatic rings. The van der Waals surface area contributed by atoms with Gasteiger partial charge in [0.2, 0.25) is 0 Å². The van der Waals surface area contributed by atoms with Gasteiger partial charge in [-0.25, -0.2) is 4.79 Å². The van der Waals surface area contributed by atoms with Crippen LogP contribution in [0.4, 0.5) is 11.4 Å². The van der Waals surface area contributed by atoms with Crippen LogP contribution in [0.15, 0.2) is 18.2 Å². The maximum Gasteiger partial charge on any atom is 0.335 e. The van der Waals surface area contributed by atoms with Crippen LogP contribution in [0, 0.1) is 10.1 Å². The molecule has 0 aromatic heterocycles. The first-order valence-electron chi connectivity index (χ1n) is 6.31. The molecule has 0 radical (unpaired) electrons. The molecule has 0 spiro atoms. The van der Waals surface area contributed by atoms with Gasteiger partial charge in [0.1, 0.15) is 5.69 Å². The quantitative estimate of drug-likeness (QED) is 0.435. The Kier molecular flexibility index (Phi) is 6.30. The van der Waals surface area contributed by atoms with Gasteiger partial charge in [0.15, 0.2) is 0 Å². The highest BCUT2D eigenvalue weighted by Gasteiger charge is 2.18. The maximum absolute atomic E-state index is 11.0. The first-order valence-corrected chi connectivity index (χ1v) is 7.47. The number of anilines is 1. The molecule has 1 atom stereocenters. The molecule has 0 fully saturated rings. The van der Waals surface area contributed by atoms with Crippen LogP contribution in [0.2, 0.25) is 0 Å². The molecular weight excluding hydrogens is 280 g/mol. The van der Waals surface area contributed by atoms with E-state index >= 15 is 0 Å². The molecule has 1 unspecified atom stereocenters. The second kappa shape index (κ2) is 7.74. The molecule has 0 aliphatic carbocycles. The van der Waals surface area contributed by atoms with Crippen LogP contribution in [0.25, 0.3) is 0 Å². The Balaban J connectivity index is 2.83. The van der Waals surface area contributed by atoms with E-state index in [0.29, 0.717) is 5.69 Å². The summed E-state index contributed by atoms with van der Waals surface area (Å²) in [5.41, 5.74) is 0.0605. The van der Waals surface area contributed by atoms with Gasteiger partial charge >= 0.3 is 5.97 Å². The second-order valence-electron chi connectivity index (χ2n) is 4.33. The Morgan fingerprint density at radius 1 is 1.55 bits per heavy atom. The number of carboxylic acids is 1. The van der Waals surface area contributed by atoms with Crippen LogP contribution in [0.5, 0.6) is 0 Å². The van der Waals surface area contributed by atoms with Crippen molar-refractivity contribution in [3.05, 3.63) is 33.9 Å². The normalized spacial score (nSPS) is 11.9. The lowest BCUT2D eigenvalue weighted by Gasteiger charge is -2.15. The molecule has 0 heterocycles. The Bertz CT molecular complexity index is 493. The van der Waals surface area contributed by atoms with E-state index in [2.05, 4.69) is 12.2 Å². The minimum absolute atomic E-state index is 0.0865. The van der Waals surface area contributed by atoms with Crippen molar-refractivity contribution in [3.63, 3.8) is 0 Å². The molecule has 7 heteroatoms. The second-order valence-corrected chi connectivity index (χ2v) is 5.72. The number of nitro benzene ring substituents is 1. The smallest absolute Gasteiger partial charge is 0.335 e. The lowest BCUT2D eigenvalue weighted by atomic mass is 10.1. The minimum atomic E-state index is -1.17. The zero-order valence-corrected chi connectivity index (χ0v) is 12.3. The molecule has 20 heavy (non-hydrogen) atoms. The van der Waals surface area contributed by atoms with E-state index in [0.717, 1.165) is 24.0 Å². The summed E-state index contributed by atoms with van der Waals surface area (Å²) in [6.07, 6.45) is 0.885. The van der Waals surface area contributed by atoms with Gasteiger partial charge in [-0.05, 0) is 37.0 Å². The number of carboxylic acid groups (broad SMARTS) is 1. The van der Waals surface area contributed by atoms with Crippen molar-refractivity contribution in [2.45, 2.75) is 26.3 Å².